The summed E-state index contributed by atoms with van der Waals surface area (Å²) in [7, 11) is 0. The van der Waals surface area contributed by atoms with Crippen molar-refractivity contribution in [2.75, 3.05) is 49.1 Å². The fourth-order valence-electron chi connectivity index (χ4n) is 4.34. The van der Waals surface area contributed by atoms with E-state index in [-0.39, 0.29) is 0 Å². The summed E-state index contributed by atoms with van der Waals surface area (Å²) in [6, 6.07) is 21.9. The van der Waals surface area contributed by atoms with Gasteiger partial charge in [-0.1, -0.05) is 36.4 Å². The third kappa shape index (κ3) is 5.22. The Morgan fingerprint density at radius 3 is 2.17 bits per heavy atom. The fraction of sp³-hybridized carbons (Fsp3) is 0.458. The average molecular weight is 392 g/mol. The van der Waals surface area contributed by atoms with E-state index in [2.05, 4.69) is 88.0 Å². The lowest BCUT2D eigenvalue weighted by atomic mass is 10.1. The highest BCUT2D eigenvalue weighted by Crippen LogP contribution is 2.24. The zero-order valence-corrected chi connectivity index (χ0v) is 17.4. The van der Waals surface area contributed by atoms with Crippen LogP contribution in [0.5, 0.6) is 0 Å². The molecule has 2 aromatic carbocycles. The van der Waals surface area contributed by atoms with Crippen molar-refractivity contribution >= 4 is 17.3 Å². The Morgan fingerprint density at radius 2 is 1.52 bits per heavy atom. The molecule has 2 atom stereocenters. The van der Waals surface area contributed by atoms with Gasteiger partial charge in [-0.25, -0.2) is 0 Å². The Labute approximate surface area is 174 Å². The molecule has 0 aromatic heterocycles. The molecule has 2 saturated heterocycles. The molecule has 2 aliphatic rings. The van der Waals surface area contributed by atoms with Gasteiger partial charge in [-0.2, -0.15) is 0 Å². The van der Waals surface area contributed by atoms with E-state index in [0.717, 1.165) is 51.6 Å². The normalized spacial score (nSPS) is 22.2. The second-order valence-corrected chi connectivity index (χ2v) is 8.07. The van der Waals surface area contributed by atoms with Gasteiger partial charge in [0.05, 0.1) is 0 Å². The van der Waals surface area contributed by atoms with Crippen LogP contribution in [0.4, 0.5) is 11.4 Å². The zero-order valence-electron chi connectivity index (χ0n) is 17.4. The molecule has 2 N–H and O–H groups in total. The molecular formula is C24H33N5. The van der Waals surface area contributed by atoms with Gasteiger partial charge in [0.25, 0.3) is 0 Å². The maximum absolute atomic E-state index is 4.93. The Hall–Kier alpha value is -2.69. The van der Waals surface area contributed by atoms with Gasteiger partial charge >= 0.3 is 0 Å². The van der Waals surface area contributed by atoms with Crippen molar-refractivity contribution < 1.29 is 0 Å². The minimum absolute atomic E-state index is 0.442. The quantitative estimate of drug-likeness (QED) is 0.585. The van der Waals surface area contributed by atoms with E-state index in [1.165, 1.54) is 17.8 Å². The van der Waals surface area contributed by atoms with E-state index in [1.807, 2.05) is 0 Å². The number of guanidine groups is 1. The maximum Gasteiger partial charge on any atom is 0.191 e. The molecule has 0 amide bonds. The lowest BCUT2D eigenvalue weighted by Gasteiger charge is -2.21. The van der Waals surface area contributed by atoms with Gasteiger partial charge in [-0.15, -0.1) is 0 Å². The number of para-hydroxylation sites is 2. The minimum Gasteiger partial charge on any atom is -0.371 e. The van der Waals surface area contributed by atoms with Crippen molar-refractivity contribution in [3.8, 4) is 0 Å². The monoisotopic (exact) mass is 391 g/mol. The van der Waals surface area contributed by atoms with Crippen molar-refractivity contribution in [2.45, 2.75) is 25.8 Å². The lowest BCUT2D eigenvalue weighted by molar-refractivity contribution is 0.591. The van der Waals surface area contributed by atoms with E-state index < -0.39 is 0 Å². The van der Waals surface area contributed by atoms with Crippen LogP contribution in [0.15, 0.2) is 65.7 Å². The molecule has 2 aliphatic heterocycles. The number of anilines is 2. The fourth-order valence-corrected chi connectivity index (χ4v) is 4.34. The van der Waals surface area contributed by atoms with Crippen molar-refractivity contribution in [2.24, 2.45) is 10.9 Å². The van der Waals surface area contributed by atoms with Crippen LogP contribution < -0.4 is 20.4 Å². The highest BCUT2D eigenvalue weighted by atomic mass is 15.2. The van der Waals surface area contributed by atoms with E-state index in [9.17, 15) is 0 Å². The lowest BCUT2D eigenvalue weighted by Crippen LogP contribution is -2.45. The third-order valence-corrected chi connectivity index (χ3v) is 5.91. The molecular weight excluding hydrogens is 358 g/mol. The van der Waals surface area contributed by atoms with Crippen LogP contribution in [-0.4, -0.2) is 51.3 Å². The minimum atomic E-state index is 0.442. The van der Waals surface area contributed by atoms with E-state index in [1.54, 1.807) is 0 Å². The first-order chi connectivity index (χ1) is 14.3. The molecule has 29 heavy (non-hydrogen) atoms. The standard InChI is InChI=1S/C24H33N5/c1-2-25-24(27-21-14-16-29(19-21)23-11-7-4-8-12-23)26-17-20-13-15-28(18-20)22-9-5-3-6-10-22/h3-12,20-21H,2,13-19H2,1H3,(H2,25,26,27). The first kappa shape index (κ1) is 19.6. The van der Waals surface area contributed by atoms with Crippen molar-refractivity contribution in [3.05, 3.63) is 60.7 Å². The topological polar surface area (TPSA) is 42.9 Å². The Balaban J connectivity index is 1.29. The predicted molar refractivity (Wildman–Crippen MR) is 123 cm³/mol. The molecule has 0 spiro atoms. The summed E-state index contributed by atoms with van der Waals surface area (Å²) in [4.78, 5) is 9.87. The first-order valence-corrected chi connectivity index (χ1v) is 11.0. The highest BCUT2D eigenvalue weighted by molar-refractivity contribution is 5.80. The number of hydrogen-bond donors (Lipinski definition) is 2. The molecule has 2 heterocycles. The van der Waals surface area contributed by atoms with Crippen LogP contribution in [-0.2, 0) is 0 Å². The number of nitrogens with one attached hydrogen (secondary N) is 2. The number of hydrogen-bond acceptors (Lipinski definition) is 3. The molecule has 2 fully saturated rings. The molecule has 5 heteroatoms. The largest absolute Gasteiger partial charge is 0.371 e. The SMILES string of the molecule is CCNC(=NCC1CCN(c2ccccc2)C1)NC1CCN(c2ccccc2)C1. The average Bonchev–Trinajstić information content (AvgIpc) is 3.43. The van der Waals surface area contributed by atoms with Crippen LogP contribution in [0, 0.1) is 5.92 Å². The molecule has 2 aromatic rings. The highest BCUT2D eigenvalue weighted by Gasteiger charge is 2.25. The third-order valence-electron chi connectivity index (χ3n) is 5.91. The van der Waals surface area contributed by atoms with Gasteiger partial charge in [0, 0.05) is 56.7 Å². The Morgan fingerprint density at radius 1 is 0.897 bits per heavy atom. The molecule has 2 unspecified atom stereocenters. The summed E-state index contributed by atoms with van der Waals surface area (Å²) in [6.07, 6.45) is 2.35. The van der Waals surface area contributed by atoms with Crippen LogP contribution in [0.2, 0.25) is 0 Å². The smallest absolute Gasteiger partial charge is 0.191 e. The van der Waals surface area contributed by atoms with E-state index in [4.69, 9.17) is 4.99 Å². The number of aliphatic imine (C=N–C) groups is 1. The molecule has 0 aliphatic carbocycles. The van der Waals surface area contributed by atoms with E-state index >= 15 is 0 Å². The molecule has 154 valence electrons. The van der Waals surface area contributed by atoms with Crippen LogP contribution in [0.25, 0.3) is 0 Å². The Bertz CT molecular complexity index is 776. The van der Waals surface area contributed by atoms with Gasteiger partial charge in [0.1, 0.15) is 0 Å². The Kier molecular flexibility index (Phi) is 6.55. The summed E-state index contributed by atoms with van der Waals surface area (Å²) in [6.45, 7) is 8.25. The molecule has 5 nitrogen and oxygen atoms in total. The van der Waals surface area contributed by atoms with Crippen LogP contribution in [0.3, 0.4) is 0 Å². The van der Waals surface area contributed by atoms with Gasteiger partial charge in [-0.05, 0) is 49.9 Å². The van der Waals surface area contributed by atoms with Crippen molar-refractivity contribution in [1.29, 1.82) is 0 Å². The van der Waals surface area contributed by atoms with Crippen LogP contribution >= 0.6 is 0 Å². The van der Waals surface area contributed by atoms with Crippen molar-refractivity contribution in [1.82, 2.24) is 10.6 Å². The van der Waals surface area contributed by atoms with Gasteiger partial charge in [0.2, 0.25) is 0 Å². The molecule has 4 rings (SSSR count). The second kappa shape index (κ2) is 9.68. The number of nitrogens with zero attached hydrogens (tertiary/aromatic N) is 3. The number of benzene rings is 2. The molecule has 0 bridgehead atoms. The molecule has 0 saturated carbocycles. The molecule has 0 radical (unpaired) electrons. The number of rotatable bonds is 6. The predicted octanol–water partition coefficient (Wildman–Crippen LogP) is 3.35. The van der Waals surface area contributed by atoms with Crippen LogP contribution in [0.1, 0.15) is 19.8 Å². The van der Waals surface area contributed by atoms with Gasteiger partial charge in [-0.3, -0.25) is 4.99 Å². The van der Waals surface area contributed by atoms with Gasteiger partial charge in [0.15, 0.2) is 5.96 Å². The van der Waals surface area contributed by atoms with E-state index in [0.29, 0.717) is 12.0 Å². The van der Waals surface area contributed by atoms with Gasteiger partial charge < -0.3 is 20.4 Å². The summed E-state index contributed by atoms with van der Waals surface area (Å²) in [5.74, 6) is 1.58. The second-order valence-electron chi connectivity index (χ2n) is 8.07. The summed E-state index contributed by atoms with van der Waals surface area (Å²) >= 11 is 0. The first-order valence-electron chi connectivity index (χ1n) is 11.0. The van der Waals surface area contributed by atoms with Crippen molar-refractivity contribution in [3.63, 3.8) is 0 Å². The summed E-state index contributed by atoms with van der Waals surface area (Å²) in [5.41, 5.74) is 2.64. The maximum atomic E-state index is 4.93. The summed E-state index contributed by atoms with van der Waals surface area (Å²) < 4.78 is 0. The summed E-state index contributed by atoms with van der Waals surface area (Å²) in [5, 5.41) is 7.10. The zero-order chi connectivity index (χ0) is 19.9.